The van der Waals surface area contributed by atoms with E-state index in [9.17, 15) is 4.79 Å². The zero-order valence-electron chi connectivity index (χ0n) is 9.94. The van der Waals surface area contributed by atoms with Crippen molar-refractivity contribution in [2.45, 2.75) is 6.92 Å². The van der Waals surface area contributed by atoms with E-state index in [0.29, 0.717) is 21.5 Å². The Balaban J connectivity index is 2.27. The number of carbonyl (C=O) groups is 1. The molecule has 94 valence electrons. The van der Waals surface area contributed by atoms with Crippen molar-refractivity contribution in [1.82, 2.24) is 14.8 Å². The van der Waals surface area contributed by atoms with Crippen molar-refractivity contribution in [3.05, 3.63) is 34.2 Å². The van der Waals surface area contributed by atoms with Crippen LogP contribution >= 0.6 is 15.9 Å². The Labute approximate surface area is 112 Å². The highest BCUT2D eigenvalue weighted by molar-refractivity contribution is 9.10. The molecule has 0 radical (unpaired) electrons. The molecular weight excluding hydrogens is 298 g/mol. The predicted octanol–water partition coefficient (Wildman–Crippen LogP) is 1.72. The lowest BCUT2D eigenvalue weighted by Crippen LogP contribution is -2.13. The number of nitrogen functional groups attached to an aromatic ring is 1. The van der Waals surface area contributed by atoms with Crippen LogP contribution in [-0.2, 0) is 7.05 Å². The van der Waals surface area contributed by atoms with Gasteiger partial charge >= 0.3 is 0 Å². The van der Waals surface area contributed by atoms with Crippen LogP contribution in [0.25, 0.3) is 0 Å². The smallest absolute Gasteiger partial charge is 0.257 e. The average molecular weight is 310 g/mol. The summed E-state index contributed by atoms with van der Waals surface area (Å²) in [5.41, 5.74) is 7.42. The fourth-order valence-electron chi connectivity index (χ4n) is 1.54. The van der Waals surface area contributed by atoms with Crippen molar-refractivity contribution < 1.29 is 4.79 Å². The van der Waals surface area contributed by atoms with Crippen LogP contribution in [0.5, 0.6) is 0 Å². The van der Waals surface area contributed by atoms with Crippen molar-refractivity contribution in [3.63, 3.8) is 0 Å². The Kier molecular flexibility index (Phi) is 3.33. The Morgan fingerprint density at radius 2 is 2.28 bits per heavy atom. The van der Waals surface area contributed by atoms with Gasteiger partial charge in [-0.15, -0.1) is 0 Å². The summed E-state index contributed by atoms with van der Waals surface area (Å²) >= 11 is 3.27. The number of carbonyl (C=O) groups excluding carboxylic acids is 1. The maximum absolute atomic E-state index is 12.1. The van der Waals surface area contributed by atoms with Gasteiger partial charge in [0.2, 0.25) is 0 Å². The molecule has 6 nitrogen and oxygen atoms in total. The molecule has 18 heavy (non-hydrogen) atoms. The zero-order valence-corrected chi connectivity index (χ0v) is 11.5. The van der Waals surface area contributed by atoms with Gasteiger partial charge in [0.05, 0.1) is 16.9 Å². The molecule has 2 rings (SSSR count). The molecule has 2 heterocycles. The minimum absolute atomic E-state index is 0.257. The summed E-state index contributed by atoms with van der Waals surface area (Å²) < 4.78 is 2.23. The van der Waals surface area contributed by atoms with Gasteiger partial charge in [-0.2, -0.15) is 5.10 Å². The van der Waals surface area contributed by atoms with E-state index in [1.54, 1.807) is 17.9 Å². The molecule has 0 unspecified atom stereocenters. The highest BCUT2D eigenvalue weighted by Gasteiger charge is 2.13. The van der Waals surface area contributed by atoms with Crippen molar-refractivity contribution in [2.75, 3.05) is 11.1 Å². The summed E-state index contributed by atoms with van der Waals surface area (Å²) in [6.45, 7) is 1.82. The standard InChI is InChI=1S/C11H12BrN5O/c1-6-9(5-17(2)16-6)15-11(18)7-3-10(13)14-4-8(7)12/h3-5H,1-2H3,(H2,13,14)(H,15,18). The number of aromatic nitrogens is 3. The summed E-state index contributed by atoms with van der Waals surface area (Å²) in [5.74, 6) is 0.0401. The fourth-order valence-corrected chi connectivity index (χ4v) is 1.94. The summed E-state index contributed by atoms with van der Waals surface area (Å²) in [4.78, 5) is 16.0. The summed E-state index contributed by atoms with van der Waals surface area (Å²) in [6, 6.07) is 1.52. The molecule has 0 saturated carbocycles. The third kappa shape index (κ3) is 2.51. The lowest BCUT2D eigenvalue weighted by Gasteiger charge is -2.06. The fraction of sp³-hybridized carbons (Fsp3) is 0.182. The SMILES string of the molecule is Cc1nn(C)cc1NC(=O)c1cc(N)ncc1Br. The van der Waals surface area contributed by atoms with Crippen molar-refractivity contribution in [1.29, 1.82) is 0 Å². The van der Waals surface area contributed by atoms with Crippen molar-refractivity contribution in [3.8, 4) is 0 Å². The van der Waals surface area contributed by atoms with Gasteiger partial charge in [-0.05, 0) is 28.9 Å². The van der Waals surface area contributed by atoms with Gasteiger partial charge in [0.25, 0.3) is 5.91 Å². The second-order valence-corrected chi connectivity index (χ2v) is 4.70. The number of nitrogens with one attached hydrogen (secondary N) is 1. The van der Waals surface area contributed by atoms with Crippen LogP contribution in [-0.4, -0.2) is 20.7 Å². The minimum Gasteiger partial charge on any atom is -0.384 e. The molecule has 0 bridgehead atoms. The zero-order chi connectivity index (χ0) is 13.3. The first-order valence-corrected chi connectivity index (χ1v) is 5.99. The number of pyridine rings is 1. The third-order valence-corrected chi connectivity index (χ3v) is 3.01. The summed E-state index contributed by atoms with van der Waals surface area (Å²) in [7, 11) is 1.79. The summed E-state index contributed by atoms with van der Waals surface area (Å²) in [5, 5.41) is 6.93. The molecule has 0 atom stereocenters. The van der Waals surface area contributed by atoms with Crippen LogP contribution in [0.4, 0.5) is 11.5 Å². The molecule has 0 saturated heterocycles. The van der Waals surface area contributed by atoms with Gasteiger partial charge in [0, 0.05) is 23.9 Å². The lowest BCUT2D eigenvalue weighted by molar-refractivity contribution is 0.102. The maximum atomic E-state index is 12.1. The number of hydrogen-bond donors (Lipinski definition) is 2. The van der Waals surface area contributed by atoms with Crippen LogP contribution in [0.2, 0.25) is 0 Å². The average Bonchev–Trinajstić information content (AvgIpc) is 2.61. The normalized spacial score (nSPS) is 10.4. The number of amides is 1. The molecule has 2 aromatic heterocycles. The van der Waals surface area contributed by atoms with Crippen LogP contribution in [0.1, 0.15) is 16.1 Å². The van der Waals surface area contributed by atoms with E-state index in [2.05, 4.69) is 31.3 Å². The van der Waals surface area contributed by atoms with E-state index >= 15 is 0 Å². The molecule has 3 N–H and O–H groups in total. The first-order chi connectivity index (χ1) is 8.47. The summed E-state index contributed by atoms with van der Waals surface area (Å²) in [6.07, 6.45) is 3.24. The molecule has 0 aliphatic heterocycles. The predicted molar refractivity (Wildman–Crippen MR) is 72.2 cm³/mol. The number of nitrogens with two attached hydrogens (primary N) is 1. The lowest BCUT2D eigenvalue weighted by atomic mass is 10.2. The highest BCUT2D eigenvalue weighted by Crippen LogP contribution is 2.20. The Bertz CT molecular complexity index is 607. The molecule has 2 aromatic rings. The Morgan fingerprint density at radius 3 is 2.89 bits per heavy atom. The number of aryl methyl sites for hydroxylation is 2. The molecule has 0 spiro atoms. The second kappa shape index (κ2) is 4.77. The molecule has 0 aliphatic carbocycles. The molecule has 0 fully saturated rings. The van der Waals surface area contributed by atoms with E-state index in [1.807, 2.05) is 6.92 Å². The number of rotatable bonds is 2. The van der Waals surface area contributed by atoms with Crippen LogP contribution in [0.15, 0.2) is 22.9 Å². The quantitative estimate of drug-likeness (QED) is 0.884. The monoisotopic (exact) mass is 309 g/mol. The largest absolute Gasteiger partial charge is 0.384 e. The molecular formula is C11H12BrN5O. The first kappa shape index (κ1) is 12.6. The number of hydrogen-bond acceptors (Lipinski definition) is 4. The third-order valence-electron chi connectivity index (χ3n) is 2.38. The van der Waals surface area contributed by atoms with E-state index in [1.165, 1.54) is 12.3 Å². The first-order valence-electron chi connectivity index (χ1n) is 5.20. The topological polar surface area (TPSA) is 85.8 Å². The number of nitrogens with zero attached hydrogens (tertiary/aromatic N) is 3. The van der Waals surface area contributed by atoms with Gasteiger partial charge in [-0.1, -0.05) is 0 Å². The molecule has 1 amide bonds. The van der Waals surface area contributed by atoms with Gasteiger partial charge in [-0.3, -0.25) is 9.48 Å². The minimum atomic E-state index is -0.257. The molecule has 7 heteroatoms. The van der Waals surface area contributed by atoms with Crippen molar-refractivity contribution in [2.24, 2.45) is 7.05 Å². The Hall–Kier alpha value is -1.89. The molecule has 0 aliphatic rings. The highest BCUT2D eigenvalue weighted by atomic mass is 79.9. The Morgan fingerprint density at radius 1 is 1.56 bits per heavy atom. The van der Waals surface area contributed by atoms with E-state index in [-0.39, 0.29) is 5.91 Å². The maximum Gasteiger partial charge on any atom is 0.257 e. The van der Waals surface area contributed by atoms with Crippen LogP contribution in [0, 0.1) is 6.92 Å². The van der Waals surface area contributed by atoms with E-state index in [0.717, 1.165) is 5.69 Å². The van der Waals surface area contributed by atoms with Gasteiger partial charge in [0.15, 0.2) is 0 Å². The van der Waals surface area contributed by atoms with Crippen molar-refractivity contribution >= 4 is 33.3 Å². The molecule has 0 aromatic carbocycles. The van der Waals surface area contributed by atoms with Gasteiger partial charge < -0.3 is 11.1 Å². The van der Waals surface area contributed by atoms with Crippen LogP contribution in [0.3, 0.4) is 0 Å². The van der Waals surface area contributed by atoms with Gasteiger partial charge in [-0.25, -0.2) is 4.98 Å². The van der Waals surface area contributed by atoms with Crippen LogP contribution < -0.4 is 11.1 Å². The van der Waals surface area contributed by atoms with E-state index < -0.39 is 0 Å². The second-order valence-electron chi connectivity index (χ2n) is 3.84. The van der Waals surface area contributed by atoms with Gasteiger partial charge in [0.1, 0.15) is 5.82 Å². The number of anilines is 2. The number of halogens is 1. The van der Waals surface area contributed by atoms with E-state index in [4.69, 9.17) is 5.73 Å².